The molecule has 0 unspecified atom stereocenters. The van der Waals surface area contributed by atoms with Gasteiger partial charge < -0.3 is 9.64 Å². The van der Waals surface area contributed by atoms with Crippen molar-refractivity contribution in [2.45, 2.75) is 26.8 Å². The molecule has 7 heteroatoms. The highest BCUT2D eigenvalue weighted by Crippen LogP contribution is 2.38. The number of rotatable bonds is 2. The Morgan fingerprint density at radius 1 is 1.33 bits per heavy atom. The molecule has 0 fully saturated rings. The second-order valence-electron chi connectivity index (χ2n) is 5.74. The molecular weight excluding hydrogens is 308 g/mol. The third-order valence-electron chi connectivity index (χ3n) is 4.07. The average Bonchev–Trinajstić information content (AvgIpc) is 3.08. The van der Waals surface area contributed by atoms with Crippen LogP contribution in [0, 0.1) is 0 Å². The molecule has 2 amide bonds. The second kappa shape index (κ2) is 6.35. The number of fused-ring (bicyclic) bond motifs is 1. The van der Waals surface area contributed by atoms with E-state index in [9.17, 15) is 9.59 Å². The summed E-state index contributed by atoms with van der Waals surface area (Å²) in [5.41, 5.74) is 3.20. The van der Waals surface area contributed by atoms with Gasteiger partial charge in [0.2, 0.25) is 5.91 Å². The fraction of sp³-hybridized carbons (Fsp3) is 0.353. The monoisotopic (exact) mass is 328 g/mol. The van der Waals surface area contributed by atoms with Gasteiger partial charge in [-0.2, -0.15) is 5.10 Å². The summed E-state index contributed by atoms with van der Waals surface area (Å²) in [5.74, 6) is -0.0525. The topological polar surface area (TPSA) is 78.5 Å². The molecule has 1 aliphatic rings. The van der Waals surface area contributed by atoms with Crippen LogP contribution < -0.4 is 9.80 Å². The maximum atomic E-state index is 12.4. The van der Waals surface area contributed by atoms with E-state index in [0.717, 1.165) is 11.1 Å². The molecule has 1 aromatic heterocycles. The Morgan fingerprint density at radius 3 is 2.75 bits per heavy atom. The number of ether oxygens (including phenoxy) is 1. The van der Waals surface area contributed by atoms with E-state index < -0.39 is 6.09 Å². The average molecular weight is 328 g/mol. The molecule has 2 aromatic rings. The quantitative estimate of drug-likeness (QED) is 0.919. The predicted octanol–water partition coefficient (Wildman–Crippen LogP) is 2.79. The number of nitrogens with one attached hydrogen (secondary N) is 1. The van der Waals surface area contributed by atoms with Gasteiger partial charge in [-0.05, 0) is 31.5 Å². The van der Waals surface area contributed by atoms with Crippen LogP contribution in [0.3, 0.4) is 0 Å². The van der Waals surface area contributed by atoms with Crippen molar-refractivity contribution < 1.29 is 14.3 Å². The molecule has 1 N–H and O–H groups in total. The lowest BCUT2D eigenvalue weighted by atomic mass is 10.0. The fourth-order valence-corrected chi connectivity index (χ4v) is 3.07. The van der Waals surface area contributed by atoms with E-state index in [-0.39, 0.29) is 11.9 Å². The smallest absolute Gasteiger partial charge is 0.414 e. The molecule has 1 aliphatic heterocycles. The Kier molecular flexibility index (Phi) is 4.24. The van der Waals surface area contributed by atoms with Crippen molar-refractivity contribution in [3.63, 3.8) is 0 Å². The maximum absolute atomic E-state index is 12.4. The summed E-state index contributed by atoms with van der Waals surface area (Å²) in [5, 5.41) is 6.73. The third kappa shape index (κ3) is 2.73. The number of aromatic amines is 1. The number of aromatic nitrogens is 2. The number of hydrogen-bond donors (Lipinski definition) is 1. The van der Waals surface area contributed by atoms with Crippen molar-refractivity contribution in [1.29, 1.82) is 0 Å². The summed E-state index contributed by atoms with van der Waals surface area (Å²) < 4.78 is 5.18. The lowest BCUT2D eigenvalue weighted by molar-refractivity contribution is -0.117. The normalized spacial score (nSPS) is 16.7. The summed E-state index contributed by atoms with van der Waals surface area (Å²) in [6, 6.07) is 5.54. The minimum Gasteiger partial charge on any atom is -0.449 e. The largest absolute Gasteiger partial charge is 0.449 e. The molecule has 0 spiro atoms. The molecule has 1 atom stereocenters. The minimum atomic E-state index is -0.404. The van der Waals surface area contributed by atoms with Crippen molar-refractivity contribution in [3.8, 4) is 11.1 Å². The van der Waals surface area contributed by atoms with E-state index in [0.29, 0.717) is 24.5 Å². The van der Waals surface area contributed by atoms with Gasteiger partial charge in [-0.15, -0.1) is 0 Å². The molecule has 7 nitrogen and oxygen atoms in total. The number of H-pyrrole nitrogens is 1. The number of nitrogens with zero attached hydrogens (tertiary/aromatic N) is 3. The molecular formula is C17H20N4O3. The van der Waals surface area contributed by atoms with Gasteiger partial charge >= 0.3 is 6.09 Å². The Labute approximate surface area is 140 Å². The summed E-state index contributed by atoms with van der Waals surface area (Å²) in [6.45, 7) is 5.91. The van der Waals surface area contributed by atoms with Gasteiger partial charge in [-0.25, -0.2) is 4.79 Å². The molecule has 0 saturated heterocycles. The SMILES string of the molecule is CCOC(=O)N1C[C@H](C)N(C(C)=O)c2ccc(-c3cn[nH]c3)cc21. The molecule has 2 heterocycles. The molecule has 0 saturated carbocycles. The van der Waals surface area contributed by atoms with E-state index in [2.05, 4.69) is 10.2 Å². The van der Waals surface area contributed by atoms with Crippen LogP contribution in [0.15, 0.2) is 30.6 Å². The van der Waals surface area contributed by atoms with Crippen LogP contribution in [0.5, 0.6) is 0 Å². The van der Waals surface area contributed by atoms with Crippen LogP contribution in [-0.2, 0) is 9.53 Å². The molecule has 1 aromatic carbocycles. The zero-order valence-electron chi connectivity index (χ0n) is 13.9. The highest BCUT2D eigenvalue weighted by Gasteiger charge is 2.34. The summed E-state index contributed by atoms with van der Waals surface area (Å²) in [4.78, 5) is 27.7. The first-order valence-electron chi connectivity index (χ1n) is 7.90. The second-order valence-corrected chi connectivity index (χ2v) is 5.74. The van der Waals surface area contributed by atoms with Gasteiger partial charge in [0.1, 0.15) is 0 Å². The van der Waals surface area contributed by atoms with Crippen LogP contribution in [-0.4, -0.2) is 41.4 Å². The first-order chi connectivity index (χ1) is 11.5. The van der Waals surface area contributed by atoms with Crippen LogP contribution in [0.4, 0.5) is 16.2 Å². The highest BCUT2D eigenvalue weighted by atomic mass is 16.6. The molecule has 0 radical (unpaired) electrons. The number of carbonyl (C=O) groups is 2. The zero-order chi connectivity index (χ0) is 17.3. The Bertz CT molecular complexity index is 757. The van der Waals surface area contributed by atoms with Gasteiger partial charge in [0.25, 0.3) is 0 Å². The van der Waals surface area contributed by atoms with Crippen molar-refractivity contribution >= 4 is 23.4 Å². The lowest BCUT2D eigenvalue weighted by Crippen LogP contribution is -2.51. The molecule has 24 heavy (non-hydrogen) atoms. The van der Waals surface area contributed by atoms with E-state index in [1.165, 1.54) is 6.92 Å². The van der Waals surface area contributed by atoms with Gasteiger partial charge in [-0.1, -0.05) is 6.07 Å². The van der Waals surface area contributed by atoms with E-state index in [1.54, 1.807) is 29.1 Å². The fourth-order valence-electron chi connectivity index (χ4n) is 3.07. The van der Waals surface area contributed by atoms with Gasteiger partial charge in [0.15, 0.2) is 0 Å². The maximum Gasteiger partial charge on any atom is 0.414 e. The predicted molar refractivity (Wildman–Crippen MR) is 91.0 cm³/mol. The zero-order valence-corrected chi connectivity index (χ0v) is 13.9. The molecule has 0 aliphatic carbocycles. The first kappa shape index (κ1) is 16.0. The number of benzene rings is 1. The number of carbonyl (C=O) groups excluding carboxylic acids is 2. The van der Waals surface area contributed by atoms with Crippen molar-refractivity contribution in [3.05, 3.63) is 30.6 Å². The lowest BCUT2D eigenvalue weighted by Gasteiger charge is -2.40. The third-order valence-corrected chi connectivity index (χ3v) is 4.07. The summed E-state index contributed by atoms with van der Waals surface area (Å²) in [7, 11) is 0. The van der Waals surface area contributed by atoms with E-state index >= 15 is 0 Å². The Hall–Kier alpha value is -2.83. The molecule has 126 valence electrons. The molecule has 3 rings (SSSR count). The van der Waals surface area contributed by atoms with Gasteiger partial charge in [0, 0.05) is 25.2 Å². The highest BCUT2D eigenvalue weighted by molar-refractivity contribution is 6.03. The van der Waals surface area contributed by atoms with Crippen molar-refractivity contribution in [1.82, 2.24) is 10.2 Å². The van der Waals surface area contributed by atoms with Crippen molar-refractivity contribution in [2.75, 3.05) is 23.0 Å². The number of amides is 2. The standard InChI is InChI=1S/C17H20N4O3/c1-4-24-17(23)20-10-11(2)21(12(3)22)15-6-5-13(7-16(15)20)14-8-18-19-9-14/h5-9,11H,4,10H2,1-3H3,(H,18,19)/t11-/m0/s1. The van der Waals surface area contributed by atoms with Crippen LogP contribution in [0.2, 0.25) is 0 Å². The first-order valence-corrected chi connectivity index (χ1v) is 7.90. The minimum absolute atomic E-state index is 0.0525. The Balaban J connectivity index is 2.11. The van der Waals surface area contributed by atoms with E-state index in [1.807, 2.05) is 25.1 Å². The van der Waals surface area contributed by atoms with Gasteiger partial charge in [-0.3, -0.25) is 14.8 Å². The van der Waals surface area contributed by atoms with Crippen LogP contribution in [0.1, 0.15) is 20.8 Å². The van der Waals surface area contributed by atoms with Gasteiger partial charge in [0.05, 0.1) is 30.2 Å². The molecule has 0 bridgehead atoms. The van der Waals surface area contributed by atoms with Crippen LogP contribution >= 0.6 is 0 Å². The van der Waals surface area contributed by atoms with E-state index in [4.69, 9.17) is 4.74 Å². The van der Waals surface area contributed by atoms with Crippen LogP contribution in [0.25, 0.3) is 11.1 Å². The Morgan fingerprint density at radius 2 is 2.12 bits per heavy atom. The number of hydrogen-bond acceptors (Lipinski definition) is 4. The summed E-state index contributed by atoms with van der Waals surface area (Å²) in [6.07, 6.45) is 3.09. The summed E-state index contributed by atoms with van der Waals surface area (Å²) >= 11 is 0. The number of anilines is 2. The van der Waals surface area contributed by atoms with Crippen molar-refractivity contribution in [2.24, 2.45) is 0 Å².